The number of hydrogen-bond acceptors (Lipinski definition) is 3. The highest BCUT2D eigenvalue weighted by Crippen LogP contribution is 2.31. The Labute approximate surface area is 180 Å². The van der Waals surface area contributed by atoms with E-state index in [4.69, 9.17) is 23.2 Å². The van der Waals surface area contributed by atoms with Crippen molar-refractivity contribution in [3.05, 3.63) is 57.8 Å². The number of nitrogens with zero attached hydrogens (tertiary/aromatic N) is 3. The molecule has 3 aromatic rings. The fourth-order valence-corrected chi connectivity index (χ4v) is 4.45. The first-order chi connectivity index (χ1) is 13.9. The number of carbonyl (C=O) groups is 1. The van der Waals surface area contributed by atoms with Crippen LogP contribution in [0.4, 0.5) is 5.69 Å². The van der Waals surface area contributed by atoms with Crippen LogP contribution in [0.15, 0.2) is 36.7 Å². The third kappa shape index (κ3) is 4.27. The zero-order valence-corrected chi connectivity index (χ0v) is 18.1. The number of hydrogen-bond donors (Lipinski definition) is 1. The topological polar surface area (TPSA) is 50.2 Å². The minimum absolute atomic E-state index is 0.283. The molecule has 1 aliphatic rings. The van der Waals surface area contributed by atoms with Gasteiger partial charge >= 0.3 is 0 Å². The maximum Gasteiger partial charge on any atom is 0.258 e. The second kappa shape index (κ2) is 8.34. The highest BCUT2D eigenvalue weighted by molar-refractivity contribution is 6.39. The van der Waals surface area contributed by atoms with Crippen molar-refractivity contribution in [3.63, 3.8) is 0 Å². The second-order valence-corrected chi connectivity index (χ2v) is 8.67. The molecule has 0 atom stereocenters. The summed E-state index contributed by atoms with van der Waals surface area (Å²) >= 11 is 12.6. The van der Waals surface area contributed by atoms with E-state index in [1.54, 1.807) is 30.5 Å². The average molecular weight is 431 g/mol. The molecule has 0 aliphatic carbocycles. The molecule has 2 aromatic heterocycles. The van der Waals surface area contributed by atoms with Crippen LogP contribution >= 0.6 is 23.2 Å². The van der Waals surface area contributed by atoms with E-state index in [0.29, 0.717) is 27.2 Å². The molecule has 0 spiro atoms. The molecule has 3 heterocycles. The molecule has 1 fully saturated rings. The van der Waals surface area contributed by atoms with Crippen molar-refractivity contribution >= 4 is 45.8 Å². The van der Waals surface area contributed by atoms with Crippen LogP contribution in [0.3, 0.4) is 0 Å². The highest BCUT2D eigenvalue weighted by atomic mass is 35.5. The van der Waals surface area contributed by atoms with Crippen molar-refractivity contribution in [2.45, 2.75) is 26.3 Å². The molecule has 0 unspecified atom stereocenters. The van der Waals surface area contributed by atoms with Gasteiger partial charge in [0.25, 0.3) is 5.91 Å². The number of halogens is 2. The zero-order valence-electron chi connectivity index (χ0n) is 16.6. The number of piperidine rings is 1. The molecule has 1 amide bonds. The summed E-state index contributed by atoms with van der Waals surface area (Å²) < 4.78 is 2.19. The van der Waals surface area contributed by atoms with Gasteiger partial charge in [0.2, 0.25) is 0 Å². The summed E-state index contributed by atoms with van der Waals surface area (Å²) in [5.41, 5.74) is 2.91. The molecule has 152 valence electrons. The number of likely N-dealkylation sites (tertiary alicyclic amines) is 1. The number of fused-ring (bicyclic) bond motifs is 1. The molecule has 5 nitrogen and oxygen atoms in total. The number of pyridine rings is 1. The Morgan fingerprint density at radius 1 is 1.21 bits per heavy atom. The van der Waals surface area contributed by atoms with Gasteiger partial charge in [-0.25, -0.2) is 4.98 Å². The van der Waals surface area contributed by atoms with Crippen molar-refractivity contribution in [2.75, 3.05) is 25.5 Å². The van der Waals surface area contributed by atoms with Crippen LogP contribution in [0.1, 0.15) is 28.8 Å². The molecule has 4 rings (SSSR count). The van der Waals surface area contributed by atoms with Crippen molar-refractivity contribution in [1.82, 2.24) is 14.5 Å². The number of aryl methyl sites for hydroxylation is 1. The van der Waals surface area contributed by atoms with Gasteiger partial charge in [-0.3, -0.25) is 4.79 Å². The highest BCUT2D eigenvalue weighted by Gasteiger charge is 2.21. The van der Waals surface area contributed by atoms with Gasteiger partial charge in [-0.05, 0) is 75.6 Å². The first-order valence-electron chi connectivity index (χ1n) is 9.82. The van der Waals surface area contributed by atoms with Crippen LogP contribution in [0.5, 0.6) is 0 Å². The Morgan fingerprint density at radius 3 is 2.59 bits per heavy atom. The summed E-state index contributed by atoms with van der Waals surface area (Å²) in [7, 11) is 2.17. The van der Waals surface area contributed by atoms with E-state index in [-0.39, 0.29) is 5.91 Å². The fraction of sp³-hybridized carbons (Fsp3) is 0.364. The number of carbonyl (C=O) groups excluding carboxylic acids is 1. The number of rotatable bonds is 4. The van der Waals surface area contributed by atoms with E-state index in [1.165, 1.54) is 12.8 Å². The number of aromatic nitrogens is 2. The summed E-state index contributed by atoms with van der Waals surface area (Å²) in [5.74, 6) is 0.351. The van der Waals surface area contributed by atoms with Gasteiger partial charge < -0.3 is 14.8 Å². The van der Waals surface area contributed by atoms with E-state index in [1.807, 2.05) is 6.92 Å². The Kier molecular flexibility index (Phi) is 5.81. The lowest BCUT2D eigenvalue weighted by molar-refractivity contribution is 0.102. The van der Waals surface area contributed by atoms with Gasteiger partial charge in [-0.2, -0.15) is 0 Å². The van der Waals surface area contributed by atoms with Gasteiger partial charge in [0, 0.05) is 35.0 Å². The molecule has 1 N–H and O–H groups in total. The van der Waals surface area contributed by atoms with E-state index in [2.05, 4.69) is 33.0 Å². The normalized spacial score (nSPS) is 15.7. The molecule has 0 radical (unpaired) electrons. The monoisotopic (exact) mass is 430 g/mol. The van der Waals surface area contributed by atoms with E-state index in [0.717, 1.165) is 36.2 Å². The van der Waals surface area contributed by atoms with Gasteiger partial charge in [0.1, 0.15) is 5.65 Å². The summed E-state index contributed by atoms with van der Waals surface area (Å²) in [4.78, 5) is 19.7. The number of anilines is 1. The predicted octanol–water partition coefficient (Wildman–Crippen LogP) is 5.25. The van der Waals surface area contributed by atoms with Gasteiger partial charge in [-0.15, -0.1) is 0 Å². The Morgan fingerprint density at radius 2 is 1.90 bits per heavy atom. The molecular formula is C22H24Cl2N4O. The smallest absolute Gasteiger partial charge is 0.258 e. The maximum atomic E-state index is 12.7. The minimum Gasteiger partial charge on any atom is -0.332 e. The van der Waals surface area contributed by atoms with E-state index in [9.17, 15) is 4.79 Å². The quantitative estimate of drug-likeness (QED) is 0.614. The summed E-state index contributed by atoms with van der Waals surface area (Å²) in [6.45, 7) is 5.21. The SMILES string of the molecule is Cc1cn(CC2CCN(C)CC2)c2ncc(C(=O)Nc3ccc(Cl)cc3)c(Cl)c12. The van der Waals surface area contributed by atoms with Crippen molar-refractivity contribution < 1.29 is 4.79 Å². The van der Waals surface area contributed by atoms with Crippen molar-refractivity contribution in [3.8, 4) is 0 Å². The lowest BCUT2D eigenvalue weighted by atomic mass is 9.97. The Balaban J connectivity index is 1.59. The van der Waals surface area contributed by atoms with E-state index >= 15 is 0 Å². The van der Waals surface area contributed by atoms with Crippen LogP contribution in [-0.2, 0) is 6.54 Å². The third-order valence-corrected chi connectivity index (χ3v) is 6.30. The summed E-state index contributed by atoms with van der Waals surface area (Å²) in [6, 6.07) is 6.97. The first-order valence-corrected chi connectivity index (χ1v) is 10.6. The standard InChI is InChI=1S/C22H24Cl2N4O/c1-14-12-28(13-15-7-9-27(2)10-8-15)21-19(14)20(24)18(11-25-21)22(29)26-17-5-3-16(23)4-6-17/h3-6,11-12,15H,7-10,13H2,1-2H3,(H,26,29). The maximum absolute atomic E-state index is 12.7. The number of amides is 1. The summed E-state index contributed by atoms with van der Waals surface area (Å²) in [6.07, 6.45) is 6.04. The van der Waals surface area contributed by atoms with Crippen LogP contribution in [0.25, 0.3) is 11.0 Å². The Hall–Kier alpha value is -2.08. The van der Waals surface area contributed by atoms with Crippen molar-refractivity contribution in [2.24, 2.45) is 5.92 Å². The molecule has 0 bridgehead atoms. The molecular weight excluding hydrogens is 407 g/mol. The van der Waals surface area contributed by atoms with Crippen LogP contribution in [0.2, 0.25) is 10.0 Å². The average Bonchev–Trinajstić information content (AvgIpc) is 3.02. The minimum atomic E-state index is -0.283. The molecule has 29 heavy (non-hydrogen) atoms. The van der Waals surface area contributed by atoms with Crippen LogP contribution in [0, 0.1) is 12.8 Å². The largest absolute Gasteiger partial charge is 0.332 e. The number of benzene rings is 1. The number of nitrogens with one attached hydrogen (secondary N) is 1. The zero-order chi connectivity index (χ0) is 20.5. The van der Waals surface area contributed by atoms with Crippen LogP contribution in [-0.4, -0.2) is 40.5 Å². The molecule has 1 saturated heterocycles. The lowest BCUT2D eigenvalue weighted by Gasteiger charge is -2.29. The van der Waals surface area contributed by atoms with Gasteiger partial charge in [-0.1, -0.05) is 23.2 Å². The first kappa shape index (κ1) is 20.2. The molecule has 1 aromatic carbocycles. The van der Waals surface area contributed by atoms with Gasteiger partial charge in [0.05, 0.1) is 10.6 Å². The van der Waals surface area contributed by atoms with Gasteiger partial charge in [0.15, 0.2) is 0 Å². The Bertz CT molecular complexity index is 1040. The van der Waals surface area contributed by atoms with E-state index < -0.39 is 0 Å². The predicted molar refractivity (Wildman–Crippen MR) is 119 cm³/mol. The molecule has 0 saturated carbocycles. The van der Waals surface area contributed by atoms with Crippen molar-refractivity contribution in [1.29, 1.82) is 0 Å². The molecule has 1 aliphatic heterocycles. The third-order valence-electron chi connectivity index (χ3n) is 5.65. The summed E-state index contributed by atoms with van der Waals surface area (Å²) in [5, 5.41) is 4.77. The molecule has 7 heteroatoms. The fourth-order valence-electron chi connectivity index (χ4n) is 3.96. The second-order valence-electron chi connectivity index (χ2n) is 7.86. The van der Waals surface area contributed by atoms with Crippen LogP contribution < -0.4 is 5.32 Å². The lowest BCUT2D eigenvalue weighted by Crippen LogP contribution is -2.31.